The van der Waals surface area contributed by atoms with Gasteiger partial charge in [-0.2, -0.15) is 15.3 Å². The summed E-state index contributed by atoms with van der Waals surface area (Å²) in [7, 11) is 0. The van der Waals surface area contributed by atoms with E-state index in [0.29, 0.717) is 5.69 Å². The molecule has 0 unspecified atom stereocenters. The molecule has 0 bridgehead atoms. The average Bonchev–Trinajstić information content (AvgIpc) is 2.47. The largest absolute Gasteiger partial charge is 0.428 e. The van der Waals surface area contributed by atoms with Crippen molar-refractivity contribution in [2.75, 3.05) is 0 Å². The van der Waals surface area contributed by atoms with Crippen LogP contribution in [0.3, 0.4) is 0 Å². The number of allylic oxidation sites excluding steroid dienone is 1. The predicted octanol–water partition coefficient (Wildman–Crippen LogP) is 1.16. The molecular weight excluding hydrogens is 154 g/mol. The molecule has 0 saturated carbocycles. The number of rotatable bonds is 1. The Bertz CT molecular complexity index is 373. The zero-order valence-electron chi connectivity index (χ0n) is 6.10. The van der Waals surface area contributed by atoms with Crippen molar-refractivity contribution < 1.29 is 5.21 Å². The van der Waals surface area contributed by atoms with Crippen LogP contribution in [0.15, 0.2) is 23.9 Å². The molecule has 0 aliphatic rings. The second kappa shape index (κ2) is 3.27. The fourth-order valence-corrected chi connectivity index (χ4v) is 0.737. The van der Waals surface area contributed by atoms with Gasteiger partial charge in [0.05, 0.1) is 5.69 Å². The van der Waals surface area contributed by atoms with Crippen molar-refractivity contribution in [2.24, 2.45) is 0 Å². The van der Waals surface area contributed by atoms with Crippen LogP contribution in [0.5, 0.6) is 0 Å². The van der Waals surface area contributed by atoms with Gasteiger partial charge >= 0.3 is 0 Å². The minimum atomic E-state index is -0.0380. The lowest BCUT2D eigenvalue weighted by atomic mass is 10.2. The van der Waals surface area contributed by atoms with Crippen LogP contribution >= 0.6 is 0 Å². The Labute approximate surface area is 69.2 Å². The molecular formula is C8H5N3O. The molecule has 1 N–H and O–H groups in total. The summed E-state index contributed by atoms with van der Waals surface area (Å²) in [5, 5.41) is 25.8. The zero-order chi connectivity index (χ0) is 8.97. The van der Waals surface area contributed by atoms with Gasteiger partial charge in [0.15, 0.2) is 0 Å². The standard InChI is InChI=1S/C8H5N3O/c9-5-7(6-10)4-8-2-1-3-11(8)12/h1-4,12H. The van der Waals surface area contributed by atoms with Crippen LogP contribution < -0.4 is 0 Å². The first-order valence-electron chi connectivity index (χ1n) is 3.16. The summed E-state index contributed by atoms with van der Waals surface area (Å²) in [6.07, 6.45) is 2.72. The molecule has 0 fully saturated rings. The van der Waals surface area contributed by atoms with Crippen molar-refractivity contribution in [2.45, 2.75) is 0 Å². The van der Waals surface area contributed by atoms with E-state index in [9.17, 15) is 0 Å². The molecule has 0 atom stereocenters. The van der Waals surface area contributed by atoms with Crippen molar-refractivity contribution in [1.29, 1.82) is 10.5 Å². The van der Waals surface area contributed by atoms with E-state index in [1.54, 1.807) is 24.3 Å². The Balaban J connectivity index is 3.05. The fraction of sp³-hybridized carbons (Fsp3) is 0. The Morgan fingerprint density at radius 3 is 2.58 bits per heavy atom. The summed E-state index contributed by atoms with van der Waals surface area (Å²) >= 11 is 0. The van der Waals surface area contributed by atoms with E-state index in [1.165, 1.54) is 12.3 Å². The molecule has 4 heteroatoms. The molecule has 4 nitrogen and oxygen atoms in total. The van der Waals surface area contributed by atoms with Crippen molar-refractivity contribution in [3.8, 4) is 12.1 Å². The first kappa shape index (κ1) is 7.90. The number of nitrogens with zero attached hydrogens (tertiary/aromatic N) is 3. The minimum Gasteiger partial charge on any atom is -0.428 e. The van der Waals surface area contributed by atoms with Gasteiger partial charge in [0.25, 0.3) is 0 Å². The van der Waals surface area contributed by atoms with Crippen LogP contribution in [0.4, 0.5) is 0 Å². The number of aromatic nitrogens is 1. The SMILES string of the molecule is N#CC(C#N)=Cc1cccn1O. The lowest BCUT2D eigenvalue weighted by Crippen LogP contribution is -1.89. The maximum absolute atomic E-state index is 9.04. The van der Waals surface area contributed by atoms with E-state index in [2.05, 4.69) is 0 Å². The smallest absolute Gasteiger partial charge is 0.131 e. The molecule has 0 aliphatic heterocycles. The second-order valence-corrected chi connectivity index (χ2v) is 2.06. The number of hydrogen-bond acceptors (Lipinski definition) is 3. The molecule has 0 aromatic carbocycles. The molecule has 1 aromatic heterocycles. The molecule has 0 saturated heterocycles. The topological polar surface area (TPSA) is 72.7 Å². The van der Waals surface area contributed by atoms with Gasteiger partial charge in [0.1, 0.15) is 17.7 Å². The normalized spacial score (nSPS) is 8.17. The van der Waals surface area contributed by atoms with E-state index < -0.39 is 0 Å². The molecule has 1 rings (SSSR count). The maximum Gasteiger partial charge on any atom is 0.131 e. The monoisotopic (exact) mass is 159 g/mol. The lowest BCUT2D eigenvalue weighted by Gasteiger charge is -1.92. The fourth-order valence-electron chi connectivity index (χ4n) is 0.737. The van der Waals surface area contributed by atoms with Gasteiger partial charge in [-0.05, 0) is 18.2 Å². The summed E-state index contributed by atoms with van der Waals surface area (Å²) in [5.74, 6) is 0. The zero-order valence-corrected chi connectivity index (χ0v) is 6.10. The van der Waals surface area contributed by atoms with Crippen LogP contribution in [-0.4, -0.2) is 9.94 Å². The van der Waals surface area contributed by atoms with Gasteiger partial charge in [-0.15, -0.1) is 0 Å². The van der Waals surface area contributed by atoms with Crippen LogP contribution in [0.25, 0.3) is 6.08 Å². The van der Waals surface area contributed by atoms with Crippen molar-refractivity contribution in [1.82, 2.24) is 4.73 Å². The van der Waals surface area contributed by atoms with E-state index >= 15 is 0 Å². The molecule has 12 heavy (non-hydrogen) atoms. The van der Waals surface area contributed by atoms with Gasteiger partial charge in [0.2, 0.25) is 0 Å². The highest BCUT2D eigenvalue weighted by Crippen LogP contribution is 2.04. The molecule has 0 radical (unpaired) electrons. The van der Waals surface area contributed by atoms with Crippen LogP contribution in [0.2, 0.25) is 0 Å². The van der Waals surface area contributed by atoms with E-state index in [1.807, 2.05) is 0 Å². The van der Waals surface area contributed by atoms with Crippen LogP contribution in [0.1, 0.15) is 5.69 Å². The first-order chi connectivity index (χ1) is 5.77. The van der Waals surface area contributed by atoms with Gasteiger partial charge in [0, 0.05) is 6.20 Å². The Hall–Kier alpha value is -2.20. The molecule has 1 heterocycles. The predicted molar refractivity (Wildman–Crippen MR) is 40.8 cm³/mol. The van der Waals surface area contributed by atoms with E-state index in [-0.39, 0.29) is 5.57 Å². The maximum atomic E-state index is 9.04. The Morgan fingerprint density at radius 2 is 2.17 bits per heavy atom. The molecule has 0 aliphatic carbocycles. The first-order valence-corrected chi connectivity index (χ1v) is 3.16. The third-order valence-corrected chi connectivity index (χ3v) is 1.29. The molecule has 0 spiro atoms. The Kier molecular flexibility index (Phi) is 2.15. The average molecular weight is 159 g/mol. The molecule has 0 amide bonds. The third-order valence-electron chi connectivity index (χ3n) is 1.29. The molecule has 1 aromatic rings. The third kappa shape index (κ3) is 1.44. The van der Waals surface area contributed by atoms with E-state index in [0.717, 1.165) is 4.73 Å². The summed E-state index contributed by atoms with van der Waals surface area (Å²) in [4.78, 5) is 0. The van der Waals surface area contributed by atoms with Gasteiger partial charge in [-0.25, -0.2) is 0 Å². The highest BCUT2D eigenvalue weighted by atomic mass is 16.5. The number of hydrogen-bond donors (Lipinski definition) is 1. The summed E-state index contributed by atoms with van der Waals surface area (Å²) in [5.41, 5.74) is 0.372. The van der Waals surface area contributed by atoms with Crippen LogP contribution in [0, 0.1) is 22.7 Å². The number of nitriles is 2. The van der Waals surface area contributed by atoms with Gasteiger partial charge in [-0.3, -0.25) is 0 Å². The lowest BCUT2D eigenvalue weighted by molar-refractivity contribution is 0.185. The van der Waals surface area contributed by atoms with Crippen molar-refractivity contribution >= 4 is 6.08 Å². The van der Waals surface area contributed by atoms with Gasteiger partial charge in [-0.1, -0.05) is 0 Å². The summed E-state index contributed by atoms with van der Waals surface area (Å²) in [6, 6.07) is 6.59. The summed E-state index contributed by atoms with van der Waals surface area (Å²) in [6.45, 7) is 0. The van der Waals surface area contributed by atoms with Crippen molar-refractivity contribution in [3.63, 3.8) is 0 Å². The van der Waals surface area contributed by atoms with E-state index in [4.69, 9.17) is 15.7 Å². The quantitative estimate of drug-likeness (QED) is 0.493. The summed E-state index contributed by atoms with van der Waals surface area (Å²) < 4.78 is 0.842. The highest BCUT2D eigenvalue weighted by Gasteiger charge is 1.97. The Morgan fingerprint density at radius 1 is 1.50 bits per heavy atom. The second-order valence-electron chi connectivity index (χ2n) is 2.06. The molecule has 58 valence electrons. The highest BCUT2D eigenvalue weighted by molar-refractivity contribution is 5.59. The van der Waals surface area contributed by atoms with Crippen LogP contribution in [-0.2, 0) is 0 Å². The van der Waals surface area contributed by atoms with Crippen molar-refractivity contribution in [3.05, 3.63) is 29.6 Å². The van der Waals surface area contributed by atoms with Gasteiger partial charge < -0.3 is 5.21 Å². The minimum absolute atomic E-state index is 0.0380.